The highest BCUT2D eigenvalue weighted by Gasteiger charge is 2.11. The topological polar surface area (TPSA) is 102 Å². The number of nitrogens with one attached hydrogen (secondary N) is 2. The lowest BCUT2D eigenvalue weighted by Gasteiger charge is -2.10. The molecule has 2 amide bonds. The fourth-order valence-corrected chi connectivity index (χ4v) is 2.28. The molecule has 8 nitrogen and oxygen atoms in total. The molecule has 0 atom stereocenters. The lowest BCUT2D eigenvalue weighted by Crippen LogP contribution is -2.19. The van der Waals surface area contributed by atoms with Crippen molar-refractivity contribution in [3.8, 4) is 5.69 Å². The first-order chi connectivity index (χ1) is 12.1. The number of tetrazole rings is 1. The highest BCUT2D eigenvalue weighted by molar-refractivity contribution is 6.05. The van der Waals surface area contributed by atoms with Gasteiger partial charge in [0.2, 0.25) is 0 Å². The molecule has 0 saturated heterocycles. The Balaban J connectivity index is 1.79. The van der Waals surface area contributed by atoms with Crippen LogP contribution in [0.3, 0.4) is 0 Å². The molecule has 0 aliphatic rings. The number of benzene rings is 2. The summed E-state index contributed by atoms with van der Waals surface area (Å²) < 4.78 is 1.50. The third kappa shape index (κ3) is 3.52. The summed E-state index contributed by atoms with van der Waals surface area (Å²) in [6.45, 7) is 1.87. The Kier molecular flexibility index (Phi) is 4.51. The van der Waals surface area contributed by atoms with Crippen molar-refractivity contribution in [2.45, 2.75) is 6.92 Å². The summed E-state index contributed by atoms with van der Waals surface area (Å²) in [6, 6.07) is 12.0. The standard InChI is InChI=1S/C17H16N6O2/c1-11-3-4-13(16(24)18-2)9-15(11)20-17(25)12-5-7-14(8-6-12)23-10-19-21-22-23/h3-10H,1-2H3,(H,18,24)(H,20,25). The maximum Gasteiger partial charge on any atom is 0.255 e. The molecule has 2 aromatic carbocycles. The average Bonchev–Trinajstić information content (AvgIpc) is 3.17. The van der Waals surface area contributed by atoms with Gasteiger partial charge < -0.3 is 10.6 Å². The van der Waals surface area contributed by atoms with Gasteiger partial charge in [-0.25, -0.2) is 4.68 Å². The molecule has 0 aliphatic heterocycles. The monoisotopic (exact) mass is 336 g/mol. The highest BCUT2D eigenvalue weighted by Crippen LogP contribution is 2.18. The Morgan fingerprint density at radius 2 is 1.72 bits per heavy atom. The Hall–Kier alpha value is -3.55. The van der Waals surface area contributed by atoms with Gasteiger partial charge in [0.1, 0.15) is 6.33 Å². The molecule has 0 saturated carbocycles. The molecule has 0 bridgehead atoms. The van der Waals surface area contributed by atoms with Crippen LogP contribution in [0.1, 0.15) is 26.3 Å². The molecule has 0 aliphatic carbocycles. The van der Waals surface area contributed by atoms with Gasteiger partial charge in [-0.1, -0.05) is 6.07 Å². The number of carbonyl (C=O) groups excluding carboxylic acids is 2. The second-order valence-electron chi connectivity index (χ2n) is 5.36. The molecule has 126 valence electrons. The van der Waals surface area contributed by atoms with Crippen LogP contribution < -0.4 is 10.6 Å². The van der Waals surface area contributed by atoms with E-state index in [1.54, 1.807) is 49.5 Å². The zero-order valence-electron chi connectivity index (χ0n) is 13.7. The van der Waals surface area contributed by atoms with Crippen LogP contribution in [0.5, 0.6) is 0 Å². The van der Waals surface area contributed by atoms with E-state index >= 15 is 0 Å². The maximum atomic E-state index is 12.5. The summed E-state index contributed by atoms with van der Waals surface area (Å²) in [6.07, 6.45) is 1.47. The van der Waals surface area contributed by atoms with Gasteiger partial charge in [0.25, 0.3) is 11.8 Å². The van der Waals surface area contributed by atoms with Gasteiger partial charge in [0, 0.05) is 23.9 Å². The van der Waals surface area contributed by atoms with Gasteiger partial charge in [-0.05, 0) is 59.3 Å². The number of hydrogen-bond donors (Lipinski definition) is 2. The number of hydrogen-bond acceptors (Lipinski definition) is 5. The first kappa shape index (κ1) is 16.3. The number of aromatic nitrogens is 4. The number of carbonyl (C=O) groups is 2. The van der Waals surface area contributed by atoms with Crippen LogP contribution in [0.15, 0.2) is 48.8 Å². The second-order valence-corrected chi connectivity index (χ2v) is 5.36. The zero-order valence-corrected chi connectivity index (χ0v) is 13.7. The molecule has 0 radical (unpaired) electrons. The third-order valence-electron chi connectivity index (χ3n) is 3.72. The Bertz CT molecular complexity index is 903. The number of rotatable bonds is 4. The van der Waals surface area contributed by atoms with E-state index in [1.807, 2.05) is 6.92 Å². The number of aryl methyl sites for hydroxylation is 1. The summed E-state index contributed by atoms with van der Waals surface area (Å²) in [4.78, 5) is 24.2. The van der Waals surface area contributed by atoms with E-state index in [4.69, 9.17) is 0 Å². The minimum absolute atomic E-state index is 0.207. The van der Waals surface area contributed by atoms with Crippen LogP contribution in [0, 0.1) is 6.92 Å². The summed E-state index contributed by atoms with van der Waals surface area (Å²) >= 11 is 0. The molecule has 8 heteroatoms. The molecule has 1 heterocycles. The smallest absolute Gasteiger partial charge is 0.255 e. The third-order valence-corrected chi connectivity index (χ3v) is 3.72. The van der Waals surface area contributed by atoms with Crippen LogP contribution in [0.2, 0.25) is 0 Å². The largest absolute Gasteiger partial charge is 0.355 e. The second kappa shape index (κ2) is 6.91. The van der Waals surface area contributed by atoms with Crippen molar-refractivity contribution in [1.29, 1.82) is 0 Å². The number of anilines is 1. The molecule has 0 unspecified atom stereocenters. The van der Waals surface area contributed by atoms with Gasteiger partial charge in [-0.3, -0.25) is 9.59 Å². The zero-order chi connectivity index (χ0) is 17.8. The van der Waals surface area contributed by atoms with Crippen molar-refractivity contribution in [2.75, 3.05) is 12.4 Å². The number of amides is 2. The van der Waals surface area contributed by atoms with E-state index in [1.165, 1.54) is 11.0 Å². The molecule has 1 aromatic heterocycles. The quantitative estimate of drug-likeness (QED) is 0.753. The van der Waals surface area contributed by atoms with Gasteiger partial charge in [-0.2, -0.15) is 0 Å². The van der Waals surface area contributed by atoms with E-state index in [2.05, 4.69) is 26.2 Å². The molecule has 2 N–H and O–H groups in total. The summed E-state index contributed by atoms with van der Waals surface area (Å²) in [5.74, 6) is -0.471. The lowest BCUT2D eigenvalue weighted by atomic mass is 10.1. The van der Waals surface area contributed by atoms with Gasteiger partial charge in [0.15, 0.2) is 0 Å². The molecular formula is C17H16N6O2. The Morgan fingerprint density at radius 3 is 2.36 bits per heavy atom. The number of nitrogens with zero attached hydrogens (tertiary/aromatic N) is 4. The van der Waals surface area contributed by atoms with E-state index in [9.17, 15) is 9.59 Å². The average molecular weight is 336 g/mol. The molecule has 0 spiro atoms. The van der Waals surface area contributed by atoms with Crippen molar-refractivity contribution in [3.63, 3.8) is 0 Å². The Morgan fingerprint density at radius 1 is 1.00 bits per heavy atom. The van der Waals surface area contributed by atoms with Crippen molar-refractivity contribution in [1.82, 2.24) is 25.5 Å². The van der Waals surface area contributed by atoms with Crippen LogP contribution >= 0.6 is 0 Å². The lowest BCUT2D eigenvalue weighted by molar-refractivity contribution is 0.0961. The summed E-state index contributed by atoms with van der Waals surface area (Å²) in [5.41, 5.74) is 3.18. The van der Waals surface area contributed by atoms with Gasteiger partial charge in [0.05, 0.1) is 5.69 Å². The van der Waals surface area contributed by atoms with E-state index in [0.29, 0.717) is 16.8 Å². The summed E-state index contributed by atoms with van der Waals surface area (Å²) in [7, 11) is 1.56. The highest BCUT2D eigenvalue weighted by atomic mass is 16.2. The predicted molar refractivity (Wildman–Crippen MR) is 91.7 cm³/mol. The van der Waals surface area contributed by atoms with Crippen molar-refractivity contribution in [2.24, 2.45) is 0 Å². The van der Waals surface area contributed by atoms with E-state index in [-0.39, 0.29) is 11.8 Å². The van der Waals surface area contributed by atoms with Crippen LogP contribution in [-0.4, -0.2) is 39.1 Å². The normalized spacial score (nSPS) is 10.3. The summed E-state index contributed by atoms with van der Waals surface area (Å²) in [5, 5.41) is 16.3. The maximum absolute atomic E-state index is 12.5. The predicted octanol–water partition coefficient (Wildman–Crippen LogP) is 1.58. The first-order valence-corrected chi connectivity index (χ1v) is 7.56. The molecular weight excluding hydrogens is 320 g/mol. The first-order valence-electron chi connectivity index (χ1n) is 7.56. The Labute approximate surface area is 143 Å². The van der Waals surface area contributed by atoms with E-state index < -0.39 is 0 Å². The van der Waals surface area contributed by atoms with Crippen molar-refractivity contribution < 1.29 is 9.59 Å². The fourth-order valence-electron chi connectivity index (χ4n) is 2.28. The fraction of sp³-hybridized carbons (Fsp3) is 0.118. The van der Waals surface area contributed by atoms with E-state index in [0.717, 1.165) is 11.3 Å². The van der Waals surface area contributed by atoms with Crippen molar-refractivity contribution >= 4 is 17.5 Å². The molecule has 3 rings (SSSR count). The molecule has 3 aromatic rings. The van der Waals surface area contributed by atoms with Crippen LogP contribution in [-0.2, 0) is 0 Å². The van der Waals surface area contributed by atoms with Crippen LogP contribution in [0.4, 0.5) is 5.69 Å². The molecule has 25 heavy (non-hydrogen) atoms. The minimum Gasteiger partial charge on any atom is -0.355 e. The van der Waals surface area contributed by atoms with Crippen LogP contribution in [0.25, 0.3) is 5.69 Å². The van der Waals surface area contributed by atoms with Gasteiger partial charge in [-0.15, -0.1) is 5.10 Å². The van der Waals surface area contributed by atoms with Crippen molar-refractivity contribution in [3.05, 3.63) is 65.5 Å². The molecule has 0 fully saturated rings. The minimum atomic E-state index is -0.263. The SMILES string of the molecule is CNC(=O)c1ccc(C)c(NC(=O)c2ccc(-n3cnnn3)cc2)c1. The van der Waals surface area contributed by atoms with Gasteiger partial charge >= 0.3 is 0 Å².